The van der Waals surface area contributed by atoms with Gasteiger partial charge in [-0.1, -0.05) is 54.9 Å². The van der Waals surface area contributed by atoms with E-state index in [1.807, 2.05) is 25.1 Å². The number of piperazine rings is 1. The van der Waals surface area contributed by atoms with E-state index in [9.17, 15) is 4.79 Å². The summed E-state index contributed by atoms with van der Waals surface area (Å²) in [6.45, 7) is 6.10. The molecule has 0 aliphatic carbocycles. The van der Waals surface area contributed by atoms with Gasteiger partial charge < -0.3 is 10.7 Å². The fourth-order valence-electron chi connectivity index (χ4n) is 3.83. The minimum Gasteiger partial charge on any atom is -0.321 e. The zero-order chi connectivity index (χ0) is 20.4. The number of nitrogens with zero attached hydrogens (tertiary/aromatic N) is 4. The number of fused-ring (bicyclic) bond motifs is 1. The van der Waals surface area contributed by atoms with E-state index in [1.165, 1.54) is 5.56 Å². The molecule has 2 heterocycles. The molecule has 2 N–H and O–H groups in total. The highest BCUT2D eigenvalue weighted by Gasteiger charge is 2.24. The number of aromatic nitrogens is 2. The number of nitrogens with two attached hydrogens (primary N) is 1. The molecule has 152 valence electrons. The predicted molar refractivity (Wildman–Crippen MR) is 118 cm³/mol. The van der Waals surface area contributed by atoms with Crippen molar-refractivity contribution in [3.8, 4) is 0 Å². The Labute approximate surface area is 175 Å². The van der Waals surface area contributed by atoms with Gasteiger partial charge in [-0.25, -0.2) is 9.66 Å². The smallest absolute Gasteiger partial charge is 0.281 e. The van der Waals surface area contributed by atoms with Crippen LogP contribution in [0.4, 0.5) is 0 Å². The first-order valence-corrected chi connectivity index (χ1v) is 10.4. The Morgan fingerprint density at radius 3 is 2.48 bits per heavy atom. The molecule has 0 amide bonds. The van der Waals surface area contributed by atoms with Crippen LogP contribution < -0.4 is 16.3 Å². The average molecular weight is 412 g/mol. The SMILES string of the molecule is CCC(N)c1nc2cccc(Cl)c2c(=O)n1N1CCN(Cc2ccccc2)CC1. The summed E-state index contributed by atoms with van der Waals surface area (Å²) in [5.41, 5.74) is 8.09. The fourth-order valence-corrected chi connectivity index (χ4v) is 4.08. The maximum atomic E-state index is 13.4. The van der Waals surface area contributed by atoms with Gasteiger partial charge in [-0.3, -0.25) is 9.69 Å². The Balaban J connectivity index is 1.64. The molecule has 29 heavy (non-hydrogen) atoms. The third-order valence-electron chi connectivity index (χ3n) is 5.50. The number of hydrogen-bond acceptors (Lipinski definition) is 5. The van der Waals surface area contributed by atoms with Crippen molar-refractivity contribution in [2.24, 2.45) is 5.73 Å². The fraction of sp³-hybridized carbons (Fsp3) is 0.364. The van der Waals surface area contributed by atoms with E-state index in [4.69, 9.17) is 22.3 Å². The maximum Gasteiger partial charge on any atom is 0.281 e. The third-order valence-corrected chi connectivity index (χ3v) is 5.82. The van der Waals surface area contributed by atoms with Gasteiger partial charge in [-0.05, 0) is 24.1 Å². The van der Waals surface area contributed by atoms with Gasteiger partial charge >= 0.3 is 0 Å². The van der Waals surface area contributed by atoms with Crippen LogP contribution in [-0.2, 0) is 6.54 Å². The molecule has 1 saturated heterocycles. The van der Waals surface area contributed by atoms with Gasteiger partial charge in [0.1, 0.15) is 5.82 Å². The van der Waals surface area contributed by atoms with E-state index in [0.717, 1.165) is 32.7 Å². The molecule has 1 aliphatic heterocycles. The van der Waals surface area contributed by atoms with Gasteiger partial charge in [0.2, 0.25) is 0 Å². The molecule has 1 fully saturated rings. The molecule has 6 nitrogen and oxygen atoms in total. The Morgan fingerprint density at radius 1 is 1.07 bits per heavy atom. The molecular formula is C22H26ClN5O. The molecule has 0 bridgehead atoms. The summed E-state index contributed by atoms with van der Waals surface area (Å²) in [5, 5.41) is 2.94. The van der Waals surface area contributed by atoms with Gasteiger partial charge in [0.25, 0.3) is 5.56 Å². The lowest BCUT2D eigenvalue weighted by molar-refractivity contribution is 0.229. The summed E-state index contributed by atoms with van der Waals surface area (Å²) < 4.78 is 1.67. The van der Waals surface area contributed by atoms with Crippen molar-refractivity contribution in [2.45, 2.75) is 25.9 Å². The van der Waals surface area contributed by atoms with E-state index in [1.54, 1.807) is 10.7 Å². The first kappa shape index (κ1) is 19.9. The first-order chi connectivity index (χ1) is 14.1. The second kappa shape index (κ2) is 8.53. The number of benzene rings is 2. The quantitative estimate of drug-likeness (QED) is 0.699. The van der Waals surface area contributed by atoms with Crippen molar-refractivity contribution in [1.29, 1.82) is 0 Å². The third kappa shape index (κ3) is 4.01. The highest BCUT2D eigenvalue weighted by atomic mass is 35.5. The Bertz CT molecular complexity index is 1040. The molecule has 1 unspecified atom stereocenters. The van der Waals surface area contributed by atoms with Crippen molar-refractivity contribution in [2.75, 3.05) is 31.2 Å². The van der Waals surface area contributed by atoms with Crippen molar-refractivity contribution in [1.82, 2.24) is 14.6 Å². The van der Waals surface area contributed by atoms with Crippen molar-refractivity contribution >= 4 is 22.5 Å². The molecule has 0 radical (unpaired) electrons. The van der Waals surface area contributed by atoms with Gasteiger partial charge in [0.05, 0.1) is 22.0 Å². The minimum absolute atomic E-state index is 0.143. The maximum absolute atomic E-state index is 13.4. The highest BCUT2D eigenvalue weighted by molar-refractivity contribution is 6.35. The van der Waals surface area contributed by atoms with Gasteiger partial charge in [-0.15, -0.1) is 0 Å². The largest absolute Gasteiger partial charge is 0.321 e. The number of rotatable bonds is 5. The molecule has 0 saturated carbocycles. The highest BCUT2D eigenvalue weighted by Crippen LogP contribution is 2.21. The van der Waals surface area contributed by atoms with Gasteiger partial charge in [-0.2, -0.15) is 0 Å². The van der Waals surface area contributed by atoms with Crippen LogP contribution in [0.15, 0.2) is 53.3 Å². The number of hydrogen-bond donors (Lipinski definition) is 1. The predicted octanol–water partition coefficient (Wildman–Crippen LogP) is 2.91. The zero-order valence-corrected chi connectivity index (χ0v) is 17.3. The van der Waals surface area contributed by atoms with Gasteiger partial charge in [0, 0.05) is 32.7 Å². The standard InChI is InChI=1S/C22H26ClN5O/c1-2-18(24)21-25-19-10-6-9-17(23)20(19)22(29)28(21)27-13-11-26(12-14-27)15-16-7-4-3-5-8-16/h3-10,18H,2,11-15,24H2,1H3. The summed E-state index contributed by atoms with van der Waals surface area (Å²) in [7, 11) is 0. The van der Waals surface area contributed by atoms with Crippen LogP contribution in [0.3, 0.4) is 0 Å². The Morgan fingerprint density at radius 2 is 1.79 bits per heavy atom. The molecular weight excluding hydrogens is 386 g/mol. The van der Waals surface area contributed by atoms with E-state index in [2.05, 4.69) is 34.2 Å². The summed E-state index contributed by atoms with van der Waals surface area (Å²) in [5.74, 6) is 0.601. The van der Waals surface area contributed by atoms with E-state index in [-0.39, 0.29) is 11.6 Å². The van der Waals surface area contributed by atoms with Crippen LogP contribution in [0.25, 0.3) is 10.9 Å². The molecule has 0 spiro atoms. The van der Waals surface area contributed by atoms with Crippen LogP contribution in [0.1, 0.15) is 30.8 Å². The lowest BCUT2D eigenvalue weighted by Crippen LogP contribution is -2.55. The summed E-state index contributed by atoms with van der Waals surface area (Å²) in [4.78, 5) is 20.5. The van der Waals surface area contributed by atoms with E-state index < -0.39 is 0 Å². The minimum atomic E-state index is -0.312. The Hall–Kier alpha value is -2.41. The molecule has 3 aromatic rings. The molecule has 4 rings (SSSR count). The first-order valence-electron chi connectivity index (χ1n) is 10.1. The molecule has 1 aromatic heterocycles. The second-order valence-electron chi connectivity index (χ2n) is 7.45. The average Bonchev–Trinajstić information content (AvgIpc) is 2.74. The summed E-state index contributed by atoms with van der Waals surface area (Å²) in [6.07, 6.45) is 0.701. The monoisotopic (exact) mass is 411 g/mol. The topological polar surface area (TPSA) is 67.4 Å². The van der Waals surface area contributed by atoms with Gasteiger partial charge in [0.15, 0.2) is 0 Å². The molecule has 7 heteroatoms. The molecule has 1 aliphatic rings. The lowest BCUT2D eigenvalue weighted by Gasteiger charge is -2.38. The van der Waals surface area contributed by atoms with E-state index in [0.29, 0.717) is 28.2 Å². The van der Waals surface area contributed by atoms with Crippen LogP contribution in [0.2, 0.25) is 5.02 Å². The normalized spacial score (nSPS) is 16.3. The summed E-state index contributed by atoms with van der Waals surface area (Å²) >= 11 is 6.34. The van der Waals surface area contributed by atoms with Crippen molar-refractivity contribution in [3.05, 3.63) is 75.3 Å². The van der Waals surface area contributed by atoms with Crippen LogP contribution >= 0.6 is 11.6 Å². The summed E-state index contributed by atoms with van der Waals surface area (Å²) in [6, 6.07) is 15.5. The zero-order valence-electron chi connectivity index (χ0n) is 16.6. The van der Waals surface area contributed by atoms with Crippen LogP contribution in [0.5, 0.6) is 0 Å². The van der Waals surface area contributed by atoms with E-state index >= 15 is 0 Å². The van der Waals surface area contributed by atoms with Crippen LogP contribution in [-0.4, -0.2) is 40.7 Å². The second-order valence-corrected chi connectivity index (χ2v) is 7.86. The lowest BCUT2D eigenvalue weighted by atomic mass is 10.2. The molecule has 1 atom stereocenters. The number of halogens is 1. The van der Waals surface area contributed by atoms with Crippen LogP contribution in [0, 0.1) is 0 Å². The van der Waals surface area contributed by atoms with Crippen molar-refractivity contribution < 1.29 is 0 Å². The molecule has 2 aromatic carbocycles. The Kier molecular flexibility index (Phi) is 5.85. The van der Waals surface area contributed by atoms with Crippen molar-refractivity contribution in [3.63, 3.8) is 0 Å².